The molecule has 2 fully saturated rings. The molecule has 178 valence electrons. The third-order valence-corrected chi connectivity index (χ3v) is 12.4. The number of carbonyl (C=O) groups is 2. The zero-order valence-corrected chi connectivity index (χ0v) is 21.0. The van der Waals surface area contributed by atoms with Gasteiger partial charge in [-0.05, 0) is 34.3 Å². The summed E-state index contributed by atoms with van der Waals surface area (Å²) in [6, 6.07) is 20.2. The summed E-state index contributed by atoms with van der Waals surface area (Å²) < 4.78 is 12.8. The van der Waals surface area contributed by atoms with Crippen LogP contribution in [0.25, 0.3) is 0 Å². The molecule has 0 aromatic heterocycles. The van der Waals surface area contributed by atoms with Gasteiger partial charge in [0.15, 0.2) is 6.10 Å². The predicted molar refractivity (Wildman–Crippen MR) is 132 cm³/mol. The molecule has 2 saturated heterocycles. The van der Waals surface area contributed by atoms with Crippen LogP contribution in [0.3, 0.4) is 0 Å². The van der Waals surface area contributed by atoms with E-state index in [2.05, 4.69) is 45.0 Å². The Balaban J connectivity index is 1.69. The van der Waals surface area contributed by atoms with Crippen LogP contribution in [0.5, 0.6) is 0 Å². The highest BCUT2D eigenvalue weighted by molar-refractivity contribution is 6.99. The van der Waals surface area contributed by atoms with E-state index in [1.54, 1.807) is 11.8 Å². The second kappa shape index (κ2) is 8.18. The highest BCUT2D eigenvalue weighted by Crippen LogP contribution is 2.46. The second-order valence-electron chi connectivity index (χ2n) is 10.4. The van der Waals surface area contributed by atoms with Crippen LogP contribution in [0.2, 0.25) is 5.04 Å². The van der Waals surface area contributed by atoms with E-state index < -0.39 is 38.8 Å². The fraction of sp³-hybridized carbons (Fsp3) is 0.407. The normalized spacial score (nSPS) is 25.4. The fourth-order valence-corrected chi connectivity index (χ4v) is 10.7. The van der Waals surface area contributed by atoms with Crippen molar-refractivity contribution in [2.45, 2.75) is 63.5 Å². The van der Waals surface area contributed by atoms with Gasteiger partial charge in [0.25, 0.3) is 8.32 Å². The van der Waals surface area contributed by atoms with E-state index in [1.807, 2.05) is 36.4 Å². The number of aliphatic hydroxyl groups is 1. The molecule has 2 heterocycles. The summed E-state index contributed by atoms with van der Waals surface area (Å²) in [5.41, 5.74) is 1.06. The minimum Gasteiger partial charge on any atom is -0.435 e. The van der Waals surface area contributed by atoms with Gasteiger partial charge in [-0.1, -0.05) is 81.4 Å². The molecule has 2 aromatic carbocycles. The Morgan fingerprint density at radius 2 is 1.59 bits per heavy atom. The lowest BCUT2D eigenvalue weighted by atomic mass is 9.92. The largest absolute Gasteiger partial charge is 0.435 e. The summed E-state index contributed by atoms with van der Waals surface area (Å²) in [6.45, 7) is 8.68. The highest BCUT2D eigenvalue weighted by atomic mass is 28.4. The molecule has 6 nitrogen and oxygen atoms in total. The Bertz CT molecular complexity index is 1100. The molecule has 3 aliphatic rings. The highest BCUT2D eigenvalue weighted by Gasteiger charge is 2.60. The molecule has 2 aromatic rings. The van der Waals surface area contributed by atoms with Crippen LogP contribution >= 0.6 is 0 Å². The summed E-state index contributed by atoms with van der Waals surface area (Å²) in [4.78, 5) is 27.3. The average molecular weight is 478 g/mol. The number of carbonyl (C=O) groups excluding carboxylic acids is 2. The van der Waals surface area contributed by atoms with Gasteiger partial charge in [0.1, 0.15) is 6.04 Å². The summed E-state index contributed by atoms with van der Waals surface area (Å²) >= 11 is 0. The van der Waals surface area contributed by atoms with Crippen molar-refractivity contribution in [1.29, 1.82) is 0 Å². The maximum Gasteiger partial charge on any atom is 0.411 e. The average Bonchev–Trinajstić information content (AvgIpc) is 3.29. The first-order chi connectivity index (χ1) is 16.2. The third-order valence-electron chi connectivity index (χ3n) is 7.37. The van der Waals surface area contributed by atoms with Crippen LogP contribution in [0.15, 0.2) is 71.8 Å². The van der Waals surface area contributed by atoms with Crippen LogP contribution in [-0.2, 0) is 14.0 Å². The van der Waals surface area contributed by atoms with Crippen molar-refractivity contribution < 1.29 is 23.9 Å². The molecular formula is C27H31NO5Si. The SMILES string of the molecule is CC(O)C1=C2[C@@H](O[Si](c3ccccc3)(c3ccccc3)C(C)(C)C)CCN3C(=O)O[C@H](C1=O)[C@H]23. The lowest BCUT2D eigenvalue weighted by molar-refractivity contribution is -0.122. The molecule has 4 atom stereocenters. The van der Waals surface area contributed by atoms with Crippen LogP contribution in [0.4, 0.5) is 4.79 Å². The van der Waals surface area contributed by atoms with E-state index in [0.717, 1.165) is 15.9 Å². The maximum absolute atomic E-state index is 13.2. The van der Waals surface area contributed by atoms with Gasteiger partial charge in [0.05, 0.1) is 12.2 Å². The van der Waals surface area contributed by atoms with Gasteiger partial charge in [-0.25, -0.2) is 4.79 Å². The first-order valence-corrected chi connectivity index (χ1v) is 13.8. The van der Waals surface area contributed by atoms with E-state index in [4.69, 9.17) is 9.16 Å². The van der Waals surface area contributed by atoms with Gasteiger partial charge in [-0.15, -0.1) is 0 Å². The number of piperidine rings is 1. The Hall–Kier alpha value is -2.74. The Morgan fingerprint density at radius 1 is 1.03 bits per heavy atom. The topological polar surface area (TPSA) is 76.1 Å². The van der Waals surface area contributed by atoms with E-state index in [-0.39, 0.29) is 10.8 Å². The van der Waals surface area contributed by atoms with Gasteiger partial charge >= 0.3 is 6.09 Å². The Labute approximate surface area is 201 Å². The molecular weight excluding hydrogens is 446 g/mol. The number of Topliss-reactive ketones (excluding diaryl/α,β-unsaturated/α-hetero) is 1. The number of ether oxygens (including phenoxy) is 1. The van der Waals surface area contributed by atoms with Gasteiger partial charge < -0.3 is 14.3 Å². The summed E-state index contributed by atoms with van der Waals surface area (Å²) in [5.74, 6) is -0.302. The molecule has 0 bridgehead atoms. The van der Waals surface area contributed by atoms with E-state index in [1.165, 1.54) is 0 Å². The Morgan fingerprint density at radius 3 is 2.09 bits per heavy atom. The van der Waals surface area contributed by atoms with E-state index in [9.17, 15) is 14.7 Å². The van der Waals surface area contributed by atoms with Crippen molar-refractivity contribution in [1.82, 2.24) is 4.90 Å². The number of hydrogen-bond donors (Lipinski definition) is 1. The first-order valence-electron chi connectivity index (χ1n) is 11.9. The number of amides is 1. The lowest BCUT2D eigenvalue weighted by Crippen LogP contribution is -2.68. The summed E-state index contributed by atoms with van der Waals surface area (Å²) in [5, 5.41) is 12.6. The second-order valence-corrected chi connectivity index (χ2v) is 14.7. The van der Waals surface area contributed by atoms with Crippen molar-refractivity contribution in [2.75, 3.05) is 6.54 Å². The molecule has 1 N–H and O–H groups in total. The maximum atomic E-state index is 13.2. The van der Waals surface area contributed by atoms with Crippen LogP contribution in [-0.4, -0.2) is 61.1 Å². The zero-order chi connectivity index (χ0) is 24.3. The standard InChI is InChI=1S/C27H31NO5Si/c1-17(29)21-22-20(15-16-28-23(22)25(24(21)30)32-26(28)31)33-34(27(2,3)4,18-11-7-5-8-12-18)19-13-9-6-10-14-19/h5-14,17,20,23,25,29H,15-16H2,1-4H3/t17?,20-,23-,25-/m0/s1. The van der Waals surface area contributed by atoms with Crippen LogP contribution in [0.1, 0.15) is 34.1 Å². The predicted octanol–water partition coefficient (Wildman–Crippen LogP) is 2.78. The fourth-order valence-electron chi connectivity index (χ4n) is 5.98. The lowest BCUT2D eigenvalue weighted by Gasteiger charge is -2.47. The molecule has 2 aliphatic heterocycles. The van der Waals surface area contributed by atoms with Gasteiger partial charge in [0.2, 0.25) is 5.78 Å². The molecule has 1 aliphatic carbocycles. The van der Waals surface area contributed by atoms with Gasteiger partial charge in [-0.3, -0.25) is 9.69 Å². The number of ketones is 1. The van der Waals surface area contributed by atoms with Gasteiger partial charge in [-0.2, -0.15) is 0 Å². The van der Waals surface area contributed by atoms with Crippen molar-refractivity contribution >= 4 is 30.6 Å². The number of hydrogen-bond acceptors (Lipinski definition) is 5. The molecule has 1 unspecified atom stereocenters. The summed E-state index contributed by atoms with van der Waals surface area (Å²) in [7, 11) is -2.89. The van der Waals surface area contributed by atoms with Crippen molar-refractivity contribution in [3.8, 4) is 0 Å². The smallest absolute Gasteiger partial charge is 0.411 e. The minimum absolute atomic E-state index is 0.234. The number of aliphatic hydroxyl groups excluding tert-OH is 1. The zero-order valence-electron chi connectivity index (χ0n) is 20.0. The van der Waals surface area contributed by atoms with Gasteiger partial charge in [0, 0.05) is 12.1 Å². The van der Waals surface area contributed by atoms with Crippen molar-refractivity contribution in [3.05, 3.63) is 71.8 Å². The number of rotatable bonds is 5. The minimum atomic E-state index is -2.89. The van der Waals surface area contributed by atoms with Crippen molar-refractivity contribution in [3.63, 3.8) is 0 Å². The first kappa shape index (κ1) is 23.0. The van der Waals surface area contributed by atoms with E-state index in [0.29, 0.717) is 18.5 Å². The van der Waals surface area contributed by atoms with E-state index >= 15 is 0 Å². The Kier molecular flexibility index (Phi) is 5.54. The van der Waals surface area contributed by atoms with Crippen LogP contribution in [0, 0.1) is 0 Å². The molecule has 5 rings (SSSR count). The van der Waals surface area contributed by atoms with Crippen LogP contribution < -0.4 is 10.4 Å². The monoisotopic (exact) mass is 477 g/mol. The molecule has 7 heteroatoms. The van der Waals surface area contributed by atoms with Crippen molar-refractivity contribution in [2.24, 2.45) is 0 Å². The number of nitrogens with zero attached hydrogens (tertiary/aromatic N) is 1. The molecule has 1 amide bonds. The molecule has 0 radical (unpaired) electrons. The quantitative estimate of drug-likeness (QED) is 0.671. The third kappa shape index (κ3) is 3.29. The molecule has 34 heavy (non-hydrogen) atoms. The molecule has 0 saturated carbocycles. The summed E-state index contributed by atoms with van der Waals surface area (Å²) in [6.07, 6.45) is -2.17. The number of benzene rings is 2. The molecule has 0 spiro atoms.